The van der Waals surface area contributed by atoms with Crippen molar-refractivity contribution in [3.63, 3.8) is 0 Å². The highest BCUT2D eigenvalue weighted by Gasteiger charge is 2.35. The van der Waals surface area contributed by atoms with Crippen LogP contribution in [0.1, 0.15) is 16.9 Å². The van der Waals surface area contributed by atoms with Crippen molar-refractivity contribution in [3.8, 4) is 11.3 Å². The van der Waals surface area contributed by atoms with Crippen LogP contribution in [0.3, 0.4) is 0 Å². The van der Waals surface area contributed by atoms with Gasteiger partial charge in [0.25, 0.3) is 5.91 Å². The van der Waals surface area contributed by atoms with Gasteiger partial charge in [-0.1, -0.05) is 54.3 Å². The Kier molecular flexibility index (Phi) is 5.29. The molecule has 1 aliphatic rings. The van der Waals surface area contributed by atoms with Crippen LogP contribution < -0.4 is 4.90 Å². The Morgan fingerprint density at radius 3 is 2.57 bits per heavy atom. The van der Waals surface area contributed by atoms with E-state index in [1.807, 2.05) is 25.1 Å². The summed E-state index contributed by atoms with van der Waals surface area (Å²) < 4.78 is 45.8. The van der Waals surface area contributed by atoms with E-state index in [1.165, 1.54) is 41.3 Å². The number of carbonyl (C=O) groups is 1. The van der Waals surface area contributed by atoms with Crippen LogP contribution in [0.5, 0.6) is 0 Å². The monoisotopic (exact) mass is 445 g/mol. The summed E-state index contributed by atoms with van der Waals surface area (Å²) in [7, 11) is 0. The largest absolute Gasteiger partial charge is 0.457 e. The van der Waals surface area contributed by atoms with Crippen LogP contribution in [0.15, 0.2) is 70.0 Å². The average molecular weight is 445 g/mol. The number of alkyl halides is 3. The molecular formula is C22H14F3NO2S2. The third-order valence-electron chi connectivity index (χ3n) is 4.45. The maximum atomic E-state index is 13.3. The minimum atomic E-state index is -4.50. The summed E-state index contributed by atoms with van der Waals surface area (Å²) in [6, 6.07) is 15.6. The summed E-state index contributed by atoms with van der Waals surface area (Å²) in [5.74, 6) is 0.0410. The lowest BCUT2D eigenvalue weighted by molar-refractivity contribution is -0.137. The van der Waals surface area contributed by atoms with E-state index < -0.39 is 11.7 Å². The number of carbonyl (C=O) groups excluding carboxylic acids is 1. The Hall–Kier alpha value is -2.84. The number of nitrogens with zero attached hydrogens (tertiary/aromatic N) is 1. The second kappa shape index (κ2) is 7.77. The number of thiocarbonyl (C=S) groups is 1. The van der Waals surface area contributed by atoms with E-state index >= 15 is 0 Å². The third kappa shape index (κ3) is 3.93. The Bertz CT molecular complexity index is 1180. The predicted molar refractivity (Wildman–Crippen MR) is 116 cm³/mol. The van der Waals surface area contributed by atoms with Gasteiger partial charge < -0.3 is 4.42 Å². The molecule has 0 radical (unpaired) electrons. The molecule has 152 valence electrons. The van der Waals surface area contributed by atoms with Crippen molar-refractivity contribution < 1.29 is 22.4 Å². The molecular weight excluding hydrogens is 431 g/mol. The van der Waals surface area contributed by atoms with Crippen LogP contribution in [-0.4, -0.2) is 10.2 Å². The molecule has 4 rings (SSSR count). The number of amides is 1. The number of hydrogen-bond donors (Lipinski definition) is 0. The van der Waals surface area contributed by atoms with Crippen LogP contribution in [0, 0.1) is 6.92 Å². The Balaban J connectivity index is 1.64. The molecule has 1 aromatic heterocycles. The standard InChI is InChI=1S/C22H14F3NO2S2/c1-13-5-4-6-14(11-13)26-20(27)19(30-21(26)29)12-15-9-10-18(28-15)16-7-2-3-8-17(16)22(23,24)25/h2-12H,1H3/b19-12-. The quantitative estimate of drug-likeness (QED) is 0.333. The van der Waals surface area contributed by atoms with E-state index in [-0.39, 0.29) is 23.0 Å². The Morgan fingerprint density at radius 2 is 1.83 bits per heavy atom. The highest BCUT2D eigenvalue weighted by molar-refractivity contribution is 8.27. The molecule has 3 aromatic rings. The molecule has 0 N–H and O–H groups in total. The van der Waals surface area contributed by atoms with Gasteiger partial charge >= 0.3 is 6.18 Å². The summed E-state index contributed by atoms with van der Waals surface area (Å²) in [6.07, 6.45) is -3.01. The molecule has 2 heterocycles. The van der Waals surface area contributed by atoms with E-state index in [0.717, 1.165) is 23.4 Å². The first-order valence-corrected chi connectivity index (χ1v) is 10.1. The SMILES string of the molecule is Cc1cccc(N2C(=O)/C(=C/c3ccc(-c4ccccc4C(F)(F)F)o3)SC2=S)c1. The van der Waals surface area contributed by atoms with Gasteiger partial charge in [-0.3, -0.25) is 9.69 Å². The van der Waals surface area contributed by atoms with Crippen molar-refractivity contribution in [1.29, 1.82) is 0 Å². The zero-order valence-corrected chi connectivity index (χ0v) is 17.2. The summed E-state index contributed by atoms with van der Waals surface area (Å²) in [5.41, 5.74) is 0.818. The normalized spacial score (nSPS) is 16.0. The number of hydrogen-bond acceptors (Lipinski definition) is 4. The van der Waals surface area contributed by atoms with E-state index in [2.05, 4.69) is 0 Å². The fraction of sp³-hybridized carbons (Fsp3) is 0.0909. The first kappa shape index (κ1) is 20.4. The minimum absolute atomic E-state index is 0.0584. The molecule has 2 aromatic carbocycles. The van der Waals surface area contributed by atoms with Crippen molar-refractivity contribution >= 4 is 46.0 Å². The molecule has 3 nitrogen and oxygen atoms in total. The number of rotatable bonds is 3. The van der Waals surface area contributed by atoms with Gasteiger partial charge in [0.1, 0.15) is 11.5 Å². The zero-order valence-electron chi connectivity index (χ0n) is 15.6. The van der Waals surface area contributed by atoms with E-state index in [1.54, 1.807) is 6.07 Å². The topological polar surface area (TPSA) is 33.5 Å². The van der Waals surface area contributed by atoms with Gasteiger partial charge in [-0.15, -0.1) is 0 Å². The molecule has 0 spiro atoms. The van der Waals surface area contributed by atoms with Gasteiger partial charge in [0, 0.05) is 11.6 Å². The van der Waals surface area contributed by atoms with E-state index in [9.17, 15) is 18.0 Å². The predicted octanol–water partition coefficient (Wildman–Crippen LogP) is 6.68. The van der Waals surface area contributed by atoms with Crippen LogP contribution >= 0.6 is 24.0 Å². The Labute approximate surface area is 180 Å². The van der Waals surface area contributed by atoms with Gasteiger partial charge in [0.2, 0.25) is 0 Å². The summed E-state index contributed by atoms with van der Waals surface area (Å²) in [6.45, 7) is 1.92. The number of thioether (sulfide) groups is 1. The molecule has 0 bridgehead atoms. The lowest BCUT2D eigenvalue weighted by atomic mass is 10.1. The molecule has 0 atom stereocenters. The Morgan fingerprint density at radius 1 is 1.07 bits per heavy atom. The zero-order chi connectivity index (χ0) is 21.5. The molecule has 1 saturated heterocycles. The lowest BCUT2D eigenvalue weighted by Gasteiger charge is -2.14. The van der Waals surface area contributed by atoms with Gasteiger partial charge in [0.15, 0.2) is 4.32 Å². The molecule has 0 saturated carbocycles. The molecule has 8 heteroatoms. The molecule has 0 unspecified atom stereocenters. The maximum Gasteiger partial charge on any atom is 0.417 e. The van der Waals surface area contributed by atoms with Crippen molar-refractivity contribution in [1.82, 2.24) is 0 Å². The number of anilines is 1. The van der Waals surface area contributed by atoms with Crippen molar-refractivity contribution in [2.45, 2.75) is 13.1 Å². The third-order valence-corrected chi connectivity index (χ3v) is 5.75. The molecule has 1 fully saturated rings. The first-order chi connectivity index (χ1) is 14.2. The average Bonchev–Trinajstić information content (AvgIpc) is 3.26. The minimum Gasteiger partial charge on any atom is -0.457 e. The smallest absolute Gasteiger partial charge is 0.417 e. The van der Waals surface area contributed by atoms with Gasteiger partial charge in [-0.05, 0) is 42.8 Å². The summed E-state index contributed by atoms with van der Waals surface area (Å²) in [5, 5.41) is 0. The molecule has 1 amide bonds. The second-order valence-corrected chi connectivity index (χ2v) is 8.28. The van der Waals surface area contributed by atoms with Crippen molar-refractivity contribution in [2.75, 3.05) is 4.90 Å². The fourth-order valence-electron chi connectivity index (χ4n) is 3.11. The lowest BCUT2D eigenvalue weighted by Crippen LogP contribution is -2.27. The molecule has 30 heavy (non-hydrogen) atoms. The number of halogens is 3. The molecule has 0 aliphatic carbocycles. The maximum absolute atomic E-state index is 13.3. The van der Waals surface area contributed by atoms with Gasteiger partial charge in [0.05, 0.1) is 16.2 Å². The number of aryl methyl sites for hydroxylation is 1. The first-order valence-electron chi connectivity index (χ1n) is 8.85. The van der Waals surface area contributed by atoms with Gasteiger partial charge in [-0.25, -0.2) is 0 Å². The summed E-state index contributed by atoms with van der Waals surface area (Å²) >= 11 is 6.47. The fourth-order valence-corrected chi connectivity index (χ4v) is 4.39. The number of benzene rings is 2. The van der Waals surface area contributed by atoms with E-state index in [0.29, 0.717) is 14.9 Å². The van der Waals surface area contributed by atoms with Crippen LogP contribution in [0.2, 0.25) is 0 Å². The number of furan rings is 1. The van der Waals surface area contributed by atoms with Crippen LogP contribution in [0.4, 0.5) is 18.9 Å². The van der Waals surface area contributed by atoms with Crippen molar-refractivity contribution in [2.24, 2.45) is 0 Å². The second-order valence-electron chi connectivity index (χ2n) is 6.60. The molecule has 1 aliphatic heterocycles. The van der Waals surface area contributed by atoms with Gasteiger partial charge in [-0.2, -0.15) is 13.2 Å². The van der Waals surface area contributed by atoms with Crippen LogP contribution in [-0.2, 0) is 11.0 Å². The van der Waals surface area contributed by atoms with E-state index in [4.69, 9.17) is 16.6 Å². The highest BCUT2D eigenvalue weighted by atomic mass is 32.2. The van der Waals surface area contributed by atoms with Crippen LogP contribution in [0.25, 0.3) is 17.4 Å². The van der Waals surface area contributed by atoms with Crippen molar-refractivity contribution in [3.05, 3.63) is 82.5 Å². The highest BCUT2D eigenvalue weighted by Crippen LogP contribution is 2.39. The summed E-state index contributed by atoms with van der Waals surface area (Å²) in [4.78, 5) is 14.6.